The molecule has 0 spiro atoms. The van der Waals surface area contributed by atoms with Crippen LogP contribution >= 0.6 is 0 Å². The molecule has 0 aliphatic rings. The quantitative estimate of drug-likeness (QED) is 0.0206. The van der Waals surface area contributed by atoms with Crippen molar-refractivity contribution in [3.63, 3.8) is 0 Å². The molecule has 112 heavy (non-hydrogen) atoms. The van der Waals surface area contributed by atoms with Crippen LogP contribution in [0.25, 0.3) is 67.5 Å². The Balaban J connectivity index is 0.000000251. The van der Waals surface area contributed by atoms with Crippen LogP contribution in [-0.4, -0.2) is 130 Å². The molecule has 0 aliphatic carbocycles. The second-order valence-corrected chi connectivity index (χ2v) is 38.3. The summed E-state index contributed by atoms with van der Waals surface area (Å²) in [6, 6.07) is 42.4. The highest BCUT2D eigenvalue weighted by Crippen LogP contribution is 2.41. The smallest absolute Gasteiger partial charge is 0.319 e. The lowest BCUT2D eigenvalue weighted by Gasteiger charge is -2.34. The fourth-order valence-corrected chi connectivity index (χ4v) is 15.3. The van der Waals surface area contributed by atoms with Gasteiger partial charge >= 0.3 is 12.1 Å². The number of amides is 4. The molecule has 23 nitrogen and oxygen atoms in total. The summed E-state index contributed by atoms with van der Waals surface area (Å²) in [6.07, 6.45) is 2.77. The number of nitrogen functional groups attached to an aromatic ring is 1. The van der Waals surface area contributed by atoms with Gasteiger partial charge in [-0.2, -0.15) is 15.6 Å². The van der Waals surface area contributed by atoms with E-state index in [1.54, 1.807) is 0 Å². The summed E-state index contributed by atoms with van der Waals surface area (Å²) >= 11 is 0. The summed E-state index contributed by atoms with van der Waals surface area (Å²) in [5.41, 5.74) is 26.2. The Morgan fingerprint density at radius 3 is 0.857 bits per heavy atom. The van der Waals surface area contributed by atoms with Gasteiger partial charge in [-0.15, -0.1) is 30.6 Å². The van der Waals surface area contributed by atoms with Crippen LogP contribution in [0.1, 0.15) is 206 Å². The average molecular weight is 1530 g/mol. The minimum atomic E-state index is -0.360. The van der Waals surface area contributed by atoms with E-state index in [0.29, 0.717) is 58.4 Å². The molecule has 0 saturated carbocycles. The number of nitrogens with one attached hydrogen (secondary N) is 7. The summed E-state index contributed by atoms with van der Waals surface area (Å²) in [5, 5.41) is 56.5. The van der Waals surface area contributed by atoms with Crippen molar-refractivity contribution in [2.24, 2.45) is 57.5 Å². The van der Waals surface area contributed by atoms with E-state index in [2.05, 4.69) is 339 Å². The van der Waals surface area contributed by atoms with E-state index in [-0.39, 0.29) is 39.5 Å². The molecule has 0 atom stereocenters. The molecule has 0 aliphatic heterocycles. The third kappa shape index (κ3) is 30.7. The fourth-order valence-electron chi connectivity index (χ4n) is 15.3. The molecule has 11 N–H and O–H groups in total. The largest absolute Gasteiger partial charge is 0.397 e. The summed E-state index contributed by atoms with van der Waals surface area (Å²) in [4.78, 5) is 33.9. The van der Waals surface area contributed by atoms with Crippen molar-refractivity contribution in [1.29, 1.82) is 0 Å². The summed E-state index contributed by atoms with van der Waals surface area (Å²) in [6.45, 7) is 64.4. The molecule has 9 rings (SSSR count). The van der Waals surface area contributed by atoms with Crippen molar-refractivity contribution >= 4 is 46.2 Å². The Hall–Kier alpha value is -9.77. The van der Waals surface area contributed by atoms with Crippen molar-refractivity contribution in [1.82, 2.24) is 72.5 Å². The molecule has 9 aromatic rings. The van der Waals surface area contributed by atoms with Crippen LogP contribution < -0.4 is 47.4 Å². The first kappa shape index (κ1) is 91.1. The highest BCUT2D eigenvalue weighted by Gasteiger charge is 2.31. The van der Waals surface area contributed by atoms with Crippen molar-refractivity contribution < 1.29 is 9.59 Å². The van der Waals surface area contributed by atoms with E-state index in [0.717, 1.165) is 143 Å². The van der Waals surface area contributed by atoms with E-state index in [1.807, 2.05) is 72.8 Å². The zero-order valence-electron chi connectivity index (χ0n) is 72.8. The molecule has 0 saturated heterocycles. The minimum absolute atomic E-state index is 0.0156. The number of nitrogens with zero attached hydrogens (tertiary/aromatic N) is 12. The van der Waals surface area contributed by atoms with Crippen LogP contribution in [0.5, 0.6) is 0 Å². The summed E-state index contributed by atoms with van der Waals surface area (Å²) in [5.74, 6) is 4.67. The number of aromatic amines is 3. The number of aromatic nitrogens is 12. The van der Waals surface area contributed by atoms with Gasteiger partial charge in [0.15, 0.2) is 0 Å². The molecule has 23 heteroatoms. The second kappa shape index (κ2) is 40.1. The first-order valence-corrected chi connectivity index (χ1v) is 40.0. The molecule has 3 heterocycles. The molecule has 0 bridgehead atoms. The fraction of sp³-hybridized carbons (Fsp3) is 0.539. The predicted octanol–water partition coefficient (Wildman–Crippen LogP) is 20.4. The number of H-pyrrole nitrogens is 3. The number of hydrogen-bond donors (Lipinski definition) is 9. The van der Waals surface area contributed by atoms with Gasteiger partial charge in [-0.3, -0.25) is 0 Å². The summed E-state index contributed by atoms with van der Waals surface area (Å²) < 4.78 is 0. The lowest BCUT2D eigenvalue weighted by molar-refractivity contribution is 0.218. The molecule has 0 fully saturated rings. The minimum Gasteiger partial charge on any atom is -0.397 e. The van der Waals surface area contributed by atoms with Crippen LogP contribution in [0, 0.1) is 51.8 Å². The maximum atomic E-state index is 13.4. The average Bonchev–Trinajstić information content (AvgIpc) is 1.27. The Bertz CT molecular complexity index is 4090. The van der Waals surface area contributed by atoms with Crippen molar-refractivity contribution in [3.05, 3.63) is 127 Å². The maximum Gasteiger partial charge on any atom is 0.319 e. The Kier molecular flexibility index (Phi) is 32.6. The monoisotopic (exact) mass is 1530 g/mol. The number of carbonyl (C=O) groups is 2. The highest BCUT2D eigenvalue weighted by atomic mass is 16.2. The van der Waals surface area contributed by atoms with Crippen molar-refractivity contribution in [2.45, 2.75) is 223 Å². The van der Waals surface area contributed by atoms with Crippen LogP contribution in [0.3, 0.4) is 0 Å². The molecule has 6 aromatic carbocycles. The molecule has 4 amide bonds. The Labute approximate surface area is 670 Å². The third-order valence-corrected chi connectivity index (χ3v) is 17.4. The zero-order valence-corrected chi connectivity index (χ0v) is 72.8. The number of hydrogen-bond acceptors (Lipinski definition) is 16. The van der Waals surface area contributed by atoms with E-state index < -0.39 is 0 Å². The normalized spacial score (nSPS) is 12.1. The van der Waals surface area contributed by atoms with Crippen molar-refractivity contribution in [3.8, 4) is 67.5 Å². The predicted molar refractivity (Wildman–Crippen MR) is 468 cm³/mol. The molecular formula is C89H137N21O2. The van der Waals surface area contributed by atoms with Crippen LogP contribution in [0.4, 0.5) is 43.7 Å². The number of anilines is 6. The Morgan fingerprint density at radius 2 is 0.625 bits per heavy atom. The van der Waals surface area contributed by atoms with Gasteiger partial charge in [-0.1, -0.05) is 236 Å². The van der Waals surface area contributed by atoms with Gasteiger partial charge in [-0.25, -0.2) is 9.59 Å². The van der Waals surface area contributed by atoms with Gasteiger partial charge in [0.1, 0.15) is 0 Å². The van der Waals surface area contributed by atoms with Crippen LogP contribution in [0.15, 0.2) is 127 Å². The third-order valence-electron chi connectivity index (χ3n) is 17.4. The highest BCUT2D eigenvalue weighted by molar-refractivity contribution is 5.97. The van der Waals surface area contributed by atoms with E-state index in [4.69, 9.17) is 11.5 Å². The number of carbonyl (C=O) groups excluding carboxylic acids is 2. The van der Waals surface area contributed by atoms with Gasteiger partial charge in [0, 0.05) is 72.6 Å². The lowest BCUT2D eigenvalue weighted by atomic mass is 9.82. The maximum absolute atomic E-state index is 13.4. The molecular weight excluding hydrogens is 1400 g/mol. The molecule has 0 radical (unpaired) electrons. The van der Waals surface area contributed by atoms with Gasteiger partial charge < -0.3 is 47.4 Å². The molecule has 610 valence electrons. The summed E-state index contributed by atoms with van der Waals surface area (Å²) in [7, 11) is 0. The van der Waals surface area contributed by atoms with E-state index in [1.165, 1.54) is 0 Å². The molecule has 3 aromatic heterocycles. The Morgan fingerprint density at radius 1 is 0.366 bits per heavy atom. The standard InChI is InChI=1S/2C30H45N7O.C21H28N6.C8H19N/c2*1-20(2)17-37(18-21(3)4)26-15-14-22(23-12-10-11-13-24(23)27-33-35-36-34-27)16-25(26)31-28(38)32-30(8,9)19-29(5,6)7;1-14(2)12-27(13-15(3)4)20-10-9-16(11-19(20)22)17-7-5-6-8-18(17)21-23-25-26-24-21;1-7(2,3)6-8(4,5)9/h2*10-16,20-21H,17-19H2,1-9H3,(H2,31,32,38)(H,33,34,35,36);5-11,14-15H,12-13,22H2,1-4H3,(H,23,24,25,26);6,9H2,1-5H3. The first-order valence-electron chi connectivity index (χ1n) is 40.0. The van der Waals surface area contributed by atoms with Gasteiger partial charge in [0.2, 0.25) is 17.5 Å². The van der Waals surface area contributed by atoms with Crippen molar-refractivity contribution in [2.75, 3.05) is 70.3 Å². The number of tetrazole rings is 3. The van der Waals surface area contributed by atoms with Gasteiger partial charge in [-0.05, 0) is 198 Å². The zero-order chi connectivity index (χ0) is 83.3. The SMILES string of the molecule is CC(C)(C)CC(C)(C)N.CC(C)CN(CC(C)C)c1ccc(-c2ccccc2-c2nn[nH]n2)cc1N.CC(C)CN(CC(C)C)c1ccc(-c2ccccc2-c2nn[nH]n2)cc1NC(=O)NC(C)(C)CC(C)(C)C.CC(C)CN(CC(C)C)c1ccc(-c2ccccc2-c2nn[nH]n2)cc1NC(=O)NC(C)(C)CC(C)(C)C. The van der Waals surface area contributed by atoms with Gasteiger partial charge in [0.25, 0.3) is 0 Å². The topological polar surface area (TPSA) is 307 Å². The molecule has 0 unspecified atom stereocenters. The number of nitrogens with two attached hydrogens (primary N) is 2. The number of urea groups is 2. The lowest BCUT2D eigenvalue weighted by Crippen LogP contribution is -2.47. The number of benzene rings is 6. The first-order chi connectivity index (χ1) is 52.1. The number of rotatable bonds is 28. The second-order valence-electron chi connectivity index (χ2n) is 38.3. The van der Waals surface area contributed by atoms with E-state index >= 15 is 0 Å². The van der Waals surface area contributed by atoms with Crippen LogP contribution in [0.2, 0.25) is 0 Å². The van der Waals surface area contributed by atoms with Crippen LogP contribution in [-0.2, 0) is 0 Å². The van der Waals surface area contributed by atoms with E-state index in [9.17, 15) is 9.59 Å². The van der Waals surface area contributed by atoms with Gasteiger partial charge in [0.05, 0.1) is 34.1 Å².